The Hall–Kier alpha value is -1.21. The highest BCUT2D eigenvalue weighted by Gasteiger charge is 2.01. The minimum Gasteiger partial charge on any atom is -0.129 e. The van der Waals surface area contributed by atoms with Crippen molar-refractivity contribution in [3.8, 4) is 11.1 Å². The molecule has 0 N–H and O–H groups in total. The Morgan fingerprint density at radius 2 is 1.71 bits per heavy atom. The maximum Gasteiger partial charge on any atom is 0.0148 e. The van der Waals surface area contributed by atoms with Gasteiger partial charge in [-0.05, 0) is 29.5 Å². The molecule has 0 fully saturated rings. The van der Waals surface area contributed by atoms with Crippen molar-refractivity contribution in [1.29, 1.82) is 0 Å². The van der Waals surface area contributed by atoms with E-state index in [9.17, 15) is 0 Å². The van der Waals surface area contributed by atoms with Crippen molar-refractivity contribution in [1.82, 2.24) is 0 Å². The summed E-state index contributed by atoms with van der Waals surface area (Å²) in [7, 11) is 0. The number of thioether (sulfide) groups is 1. The van der Waals surface area contributed by atoms with Gasteiger partial charge in [-0.3, -0.25) is 0 Å². The number of hydrogen-bond donors (Lipinski definition) is 0. The molecule has 1 heteroatoms. The van der Waals surface area contributed by atoms with Gasteiger partial charge in [0.05, 0.1) is 0 Å². The average Bonchev–Trinajstić information content (AvgIpc) is 2.30. The van der Waals surface area contributed by atoms with Gasteiger partial charge in [0.1, 0.15) is 0 Å². The van der Waals surface area contributed by atoms with E-state index in [0.717, 1.165) is 0 Å². The lowest BCUT2D eigenvalue weighted by atomic mass is 10.1. The van der Waals surface area contributed by atoms with Crippen LogP contribution < -0.4 is 0 Å². The topological polar surface area (TPSA) is 0 Å². The molecule has 0 aliphatic rings. The van der Waals surface area contributed by atoms with Gasteiger partial charge in [0.25, 0.3) is 0 Å². The SMILES string of the molecule is CSc1ccccc1-c1cc[c]cc1. The van der Waals surface area contributed by atoms with Crippen LogP contribution in [0.5, 0.6) is 0 Å². The largest absolute Gasteiger partial charge is 0.129 e. The van der Waals surface area contributed by atoms with Crippen LogP contribution >= 0.6 is 11.8 Å². The van der Waals surface area contributed by atoms with E-state index in [2.05, 4.69) is 48.7 Å². The van der Waals surface area contributed by atoms with Gasteiger partial charge < -0.3 is 0 Å². The molecule has 0 atom stereocenters. The third-order valence-electron chi connectivity index (χ3n) is 2.14. The first-order valence-electron chi connectivity index (χ1n) is 4.51. The van der Waals surface area contributed by atoms with Crippen molar-refractivity contribution >= 4 is 11.8 Å². The summed E-state index contributed by atoms with van der Waals surface area (Å²) < 4.78 is 0. The van der Waals surface area contributed by atoms with Crippen molar-refractivity contribution in [2.45, 2.75) is 4.90 Å². The van der Waals surface area contributed by atoms with Gasteiger partial charge in [-0.2, -0.15) is 0 Å². The van der Waals surface area contributed by atoms with Crippen molar-refractivity contribution in [2.24, 2.45) is 0 Å². The molecular weight excluding hydrogens is 188 g/mol. The Bertz CT molecular complexity index is 407. The molecule has 0 aliphatic heterocycles. The molecule has 0 spiro atoms. The van der Waals surface area contributed by atoms with Gasteiger partial charge in [0.2, 0.25) is 0 Å². The van der Waals surface area contributed by atoms with Crippen molar-refractivity contribution < 1.29 is 0 Å². The molecule has 2 rings (SSSR count). The van der Waals surface area contributed by atoms with Crippen LogP contribution in [0.4, 0.5) is 0 Å². The van der Waals surface area contributed by atoms with E-state index in [-0.39, 0.29) is 0 Å². The van der Waals surface area contributed by atoms with E-state index in [1.807, 2.05) is 12.1 Å². The summed E-state index contributed by atoms with van der Waals surface area (Å²) in [6.07, 6.45) is 2.11. The average molecular weight is 199 g/mol. The molecule has 0 saturated carbocycles. The first kappa shape index (κ1) is 9.35. The van der Waals surface area contributed by atoms with E-state index in [1.165, 1.54) is 16.0 Å². The smallest absolute Gasteiger partial charge is 0.0148 e. The van der Waals surface area contributed by atoms with Crippen LogP contribution in [0.2, 0.25) is 0 Å². The minimum atomic E-state index is 1.26. The van der Waals surface area contributed by atoms with Gasteiger partial charge in [-0.1, -0.05) is 42.5 Å². The molecule has 0 heterocycles. The van der Waals surface area contributed by atoms with Crippen LogP contribution in [0.3, 0.4) is 0 Å². The lowest BCUT2D eigenvalue weighted by Gasteiger charge is -2.06. The lowest BCUT2D eigenvalue weighted by Crippen LogP contribution is -1.80. The van der Waals surface area contributed by atoms with Crippen LogP contribution in [0.25, 0.3) is 11.1 Å². The molecule has 0 saturated heterocycles. The van der Waals surface area contributed by atoms with Crippen LogP contribution in [0.15, 0.2) is 53.4 Å². The second-order valence-corrected chi connectivity index (χ2v) is 3.84. The summed E-state index contributed by atoms with van der Waals surface area (Å²) in [4.78, 5) is 1.32. The van der Waals surface area contributed by atoms with E-state index in [0.29, 0.717) is 0 Å². The molecule has 0 nitrogen and oxygen atoms in total. The summed E-state index contributed by atoms with van der Waals surface area (Å²) in [5, 5.41) is 0. The Balaban J connectivity index is 2.51. The lowest BCUT2D eigenvalue weighted by molar-refractivity contribution is 1.45. The first-order valence-corrected chi connectivity index (χ1v) is 5.74. The van der Waals surface area contributed by atoms with E-state index < -0.39 is 0 Å². The fourth-order valence-electron chi connectivity index (χ4n) is 1.45. The van der Waals surface area contributed by atoms with Gasteiger partial charge in [0.15, 0.2) is 0 Å². The molecule has 0 unspecified atom stereocenters. The normalized spacial score (nSPS) is 10.1. The Morgan fingerprint density at radius 1 is 1.00 bits per heavy atom. The second kappa shape index (κ2) is 4.34. The fraction of sp³-hybridized carbons (Fsp3) is 0.0769. The summed E-state index contributed by atoms with van der Waals surface area (Å²) in [5.41, 5.74) is 2.56. The number of rotatable bonds is 2. The molecule has 1 radical (unpaired) electrons. The zero-order valence-corrected chi connectivity index (χ0v) is 8.84. The van der Waals surface area contributed by atoms with Gasteiger partial charge in [-0.15, -0.1) is 11.8 Å². The number of hydrogen-bond acceptors (Lipinski definition) is 1. The van der Waals surface area contributed by atoms with Gasteiger partial charge >= 0.3 is 0 Å². The summed E-state index contributed by atoms with van der Waals surface area (Å²) in [6.45, 7) is 0. The second-order valence-electron chi connectivity index (χ2n) is 2.99. The molecule has 69 valence electrons. The Morgan fingerprint density at radius 3 is 2.43 bits per heavy atom. The Labute approximate surface area is 89.0 Å². The van der Waals surface area contributed by atoms with E-state index in [4.69, 9.17) is 0 Å². The first-order chi connectivity index (χ1) is 6.92. The summed E-state index contributed by atoms with van der Waals surface area (Å²) in [6, 6.07) is 19.6. The van der Waals surface area contributed by atoms with E-state index >= 15 is 0 Å². The fourth-order valence-corrected chi connectivity index (χ4v) is 2.07. The molecule has 2 aromatic rings. The molecule has 0 bridgehead atoms. The molecule has 14 heavy (non-hydrogen) atoms. The third-order valence-corrected chi connectivity index (χ3v) is 2.93. The molecule has 2 aromatic carbocycles. The van der Waals surface area contributed by atoms with Gasteiger partial charge in [-0.25, -0.2) is 0 Å². The predicted molar refractivity (Wildman–Crippen MR) is 62.5 cm³/mol. The number of benzene rings is 2. The summed E-state index contributed by atoms with van der Waals surface area (Å²) >= 11 is 1.78. The zero-order valence-electron chi connectivity index (χ0n) is 8.03. The highest BCUT2D eigenvalue weighted by atomic mass is 32.2. The van der Waals surface area contributed by atoms with E-state index in [1.54, 1.807) is 11.8 Å². The van der Waals surface area contributed by atoms with Crippen LogP contribution in [-0.4, -0.2) is 6.26 Å². The highest BCUT2D eigenvalue weighted by molar-refractivity contribution is 7.98. The highest BCUT2D eigenvalue weighted by Crippen LogP contribution is 2.29. The standard InChI is InChI=1S/C13H11S/c1-14-13-10-6-5-9-12(13)11-7-3-2-4-8-11/h3-10H,1H3. The molecular formula is C13H11S. The van der Waals surface area contributed by atoms with Crippen molar-refractivity contribution in [3.05, 3.63) is 54.6 Å². The van der Waals surface area contributed by atoms with Crippen LogP contribution in [-0.2, 0) is 0 Å². The monoisotopic (exact) mass is 199 g/mol. The maximum atomic E-state index is 3.03. The van der Waals surface area contributed by atoms with Crippen LogP contribution in [0, 0.1) is 6.07 Å². The summed E-state index contributed by atoms with van der Waals surface area (Å²) in [5.74, 6) is 0. The minimum absolute atomic E-state index is 1.26. The van der Waals surface area contributed by atoms with Gasteiger partial charge in [0, 0.05) is 4.90 Å². The molecule has 0 amide bonds. The maximum absolute atomic E-state index is 3.03. The van der Waals surface area contributed by atoms with Crippen molar-refractivity contribution in [2.75, 3.05) is 6.26 Å². The third kappa shape index (κ3) is 1.83. The molecule has 0 aliphatic carbocycles. The van der Waals surface area contributed by atoms with Crippen LogP contribution in [0.1, 0.15) is 0 Å². The Kier molecular flexibility index (Phi) is 2.90. The van der Waals surface area contributed by atoms with Crippen molar-refractivity contribution in [3.63, 3.8) is 0 Å². The zero-order chi connectivity index (χ0) is 9.80. The predicted octanol–water partition coefficient (Wildman–Crippen LogP) is 3.88. The quantitative estimate of drug-likeness (QED) is 0.661. The molecule has 0 aromatic heterocycles.